The van der Waals surface area contributed by atoms with Gasteiger partial charge in [-0.1, -0.05) is 0 Å². The molecule has 0 amide bonds. The van der Waals surface area contributed by atoms with E-state index in [0.29, 0.717) is 12.2 Å². The summed E-state index contributed by atoms with van der Waals surface area (Å²) in [6.45, 7) is 5.03. The van der Waals surface area contributed by atoms with Crippen molar-refractivity contribution in [2.75, 3.05) is 39.6 Å². The molecule has 2 fully saturated rings. The van der Waals surface area contributed by atoms with Crippen LogP contribution in [0.25, 0.3) is 0 Å². The van der Waals surface area contributed by atoms with E-state index >= 15 is 0 Å². The number of hydrogen-bond acceptors (Lipinski definition) is 4. The normalized spacial score (nSPS) is 26.1. The number of hydrogen-bond donors (Lipinski definition) is 0. The van der Waals surface area contributed by atoms with Gasteiger partial charge in [0.2, 0.25) is 0 Å². The Morgan fingerprint density at radius 2 is 1.35 bits per heavy atom. The molecule has 0 spiro atoms. The molecule has 2 heterocycles. The summed E-state index contributed by atoms with van der Waals surface area (Å²) in [7, 11) is 0. The maximum Gasteiger partial charge on any atom is 0.104 e. The minimum atomic E-state index is 0.395. The summed E-state index contributed by atoms with van der Waals surface area (Å²) in [5, 5.41) is 0. The molecule has 17 heavy (non-hydrogen) atoms. The van der Waals surface area contributed by atoms with Gasteiger partial charge in [0.05, 0.1) is 26.4 Å². The summed E-state index contributed by atoms with van der Waals surface area (Å²) in [5.74, 6) is 0. The molecule has 0 N–H and O–H groups in total. The third-order valence-corrected chi connectivity index (χ3v) is 2.81. The fourth-order valence-corrected chi connectivity index (χ4v) is 1.56. The summed E-state index contributed by atoms with van der Waals surface area (Å²) < 4.78 is 21.0. The summed E-state index contributed by atoms with van der Waals surface area (Å²) in [6, 6.07) is 0. The monoisotopic (exact) mass is 243 g/mol. The zero-order valence-corrected chi connectivity index (χ0v) is 10.4. The highest BCUT2D eigenvalue weighted by molar-refractivity contribution is 4.69. The van der Waals surface area contributed by atoms with Crippen LogP contribution in [-0.2, 0) is 18.9 Å². The van der Waals surface area contributed by atoms with E-state index in [1.165, 1.54) is 0 Å². The van der Waals surface area contributed by atoms with Gasteiger partial charge in [-0.3, -0.25) is 0 Å². The number of ether oxygens (including phenoxy) is 4. The van der Waals surface area contributed by atoms with Crippen LogP contribution in [0.2, 0.25) is 0 Å². The molecule has 1 radical (unpaired) electrons. The number of rotatable bonds is 12. The van der Waals surface area contributed by atoms with E-state index in [0.717, 1.165) is 65.3 Å². The van der Waals surface area contributed by atoms with Crippen LogP contribution < -0.4 is 0 Å². The predicted octanol–water partition coefficient (Wildman–Crippen LogP) is 1.58. The van der Waals surface area contributed by atoms with Gasteiger partial charge in [0.25, 0.3) is 0 Å². The molecular weight excluding hydrogens is 220 g/mol. The highest BCUT2D eigenvalue weighted by Gasteiger charge is 2.22. The third kappa shape index (κ3) is 7.71. The number of epoxide rings is 2. The lowest BCUT2D eigenvalue weighted by Gasteiger charge is -2.03. The van der Waals surface area contributed by atoms with Crippen molar-refractivity contribution in [1.29, 1.82) is 0 Å². The average Bonchev–Trinajstić information content (AvgIpc) is 3.19. The van der Waals surface area contributed by atoms with Gasteiger partial charge in [0.1, 0.15) is 12.2 Å². The van der Waals surface area contributed by atoms with Crippen LogP contribution in [0, 0.1) is 6.42 Å². The van der Waals surface area contributed by atoms with Crippen molar-refractivity contribution >= 4 is 0 Å². The van der Waals surface area contributed by atoms with Gasteiger partial charge in [0.15, 0.2) is 0 Å². The highest BCUT2D eigenvalue weighted by atomic mass is 16.6. The molecule has 2 unspecified atom stereocenters. The van der Waals surface area contributed by atoms with Gasteiger partial charge in [0, 0.05) is 13.2 Å². The summed E-state index contributed by atoms with van der Waals surface area (Å²) in [5.41, 5.74) is 0. The maximum atomic E-state index is 5.45. The lowest BCUT2D eigenvalue weighted by Crippen LogP contribution is -2.03. The molecule has 0 aromatic carbocycles. The molecule has 2 aliphatic heterocycles. The van der Waals surface area contributed by atoms with E-state index in [9.17, 15) is 0 Å². The minimum Gasteiger partial charge on any atom is -0.379 e. The molecule has 2 rings (SSSR count). The van der Waals surface area contributed by atoms with Crippen LogP contribution >= 0.6 is 0 Å². The lowest BCUT2D eigenvalue weighted by molar-refractivity contribution is 0.111. The molecule has 0 bridgehead atoms. The second-order valence-electron chi connectivity index (χ2n) is 4.63. The van der Waals surface area contributed by atoms with Crippen LogP contribution in [0.3, 0.4) is 0 Å². The van der Waals surface area contributed by atoms with Gasteiger partial charge in [-0.15, -0.1) is 0 Å². The molecule has 0 aliphatic carbocycles. The highest BCUT2D eigenvalue weighted by Crippen LogP contribution is 2.10. The van der Waals surface area contributed by atoms with E-state index in [2.05, 4.69) is 6.42 Å². The number of unbranched alkanes of at least 4 members (excludes halogenated alkanes) is 4. The third-order valence-electron chi connectivity index (χ3n) is 2.81. The van der Waals surface area contributed by atoms with Gasteiger partial charge >= 0.3 is 0 Å². The van der Waals surface area contributed by atoms with Crippen molar-refractivity contribution in [2.45, 2.75) is 37.9 Å². The first-order valence-electron chi connectivity index (χ1n) is 6.65. The van der Waals surface area contributed by atoms with E-state index in [1.807, 2.05) is 0 Å². The Balaban J connectivity index is 1.20. The Bertz CT molecular complexity index is 170. The minimum absolute atomic E-state index is 0.395. The second kappa shape index (κ2) is 8.03. The standard InChI is InChI=1S/C13H23O4/c1(2-4-6-14-8-12-10-16-12)3-5-7-15-9-13-11-17-13/h1,12-13H,2-11H2. The van der Waals surface area contributed by atoms with Crippen molar-refractivity contribution in [1.82, 2.24) is 0 Å². The topological polar surface area (TPSA) is 43.5 Å². The average molecular weight is 243 g/mol. The van der Waals surface area contributed by atoms with Gasteiger partial charge in [-0.2, -0.15) is 0 Å². The summed E-state index contributed by atoms with van der Waals surface area (Å²) >= 11 is 0. The first-order valence-corrected chi connectivity index (χ1v) is 6.65. The molecule has 99 valence electrons. The quantitative estimate of drug-likeness (QED) is 0.385. The van der Waals surface area contributed by atoms with Crippen molar-refractivity contribution < 1.29 is 18.9 Å². The second-order valence-corrected chi connectivity index (χ2v) is 4.63. The molecule has 0 saturated carbocycles. The zero-order chi connectivity index (χ0) is 11.8. The van der Waals surface area contributed by atoms with Crippen molar-refractivity contribution in [2.24, 2.45) is 0 Å². The largest absolute Gasteiger partial charge is 0.379 e. The summed E-state index contributed by atoms with van der Waals surface area (Å²) in [4.78, 5) is 0. The van der Waals surface area contributed by atoms with Gasteiger partial charge in [-0.05, 0) is 32.1 Å². The van der Waals surface area contributed by atoms with Crippen molar-refractivity contribution in [3.05, 3.63) is 6.42 Å². The molecule has 2 saturated heterocycles. The fourth-order valence-electron chi connectivity index (χ4n) is 1.56. The van der Waals surface area contributed by atoms with Crippen LogP contribution in [0.15, 0.2) is 0 Å². The van der Waals surface area contributed by atoms with E-state index in [1.54, 1.807) is 0 Å². The lowest BCUT2D eigenvalue weighted by atomic mass is 10.1. The van der Waals surface area contributed by atoms with Crippen molar-refractivity contribution in [3.63, 3.8) is 0 Å². The molecule has 2 aliphatic rings. The Morgan fingerprint density at radius 3 is 1.76 bits per heavy atom. The smallest absolute Gasteiger partial charge is 0.104 e. The van der Waals surface area contributed by atoms with Crippen LogP contribution in [-0.4, -0.2) is 51.8 Å². The fraction of sp³-hybridized carbons (Fsp3) is 0.923. The van der Waals surface area contributed by atoms with E-state index in [-0.39, 0.29) is 0 Å². The maximum absolute atomic E-state index is 5.45. The van der Waals surface area contributed by atoms with E-state index in [4.69, 9.17) is 18.9 Å². The van der Waals surface area contributed by atoms with Crippen LogP contribution in [0.5, 0.6) is 0 Å². The molecule has 0 aromatic heterocycles. The zero-order valence-electron chi connectivity index (χ0n) is 10.4. The van der Waals surface area contributed by atoms with Gasteiger partial charge in [-0.25, -0.2) is 0 Å². The molecule has 4 nitrogen and oxygen atoms in total. The summed E-state index contributed by atoms with van der Waals surface area (Å²) in [6.07, 6.45) is 7.62. The molecule has 4 heteroatoms. The molecule has 2 atom stereocenters. The first kappa shape index (κ1) is 13.3. The van der Waals surface area contributed by atoms with Crippen LogP contribution in [0.1, 0.15) is 25.7 Å². The van der Waals surface area contributed by atoms with E-state index < -0.39 is 0 Å². The Morgan fingerprint density at radius 1 is 0.882 bits per heavy atom. The Kier molecular flexibility index (Phi) is 6.27. The SMILES string of the molecule is [CH](CCCOCC1CO1)CCCOCC1CO1. The molecule has 0 aromatic rings. The molecular formula is C13H23O4. The van der Waals surface area contributed by atoms with Crippen LogP contribution in [0.4, 0.5) is 0 Å². The Labute approximate surface area is 104 Å². The first-order chi connectivity index (χ1) is 8.45. The van der Waals surface area contributed by atoms with Crippen molar-refractivity contribution in [3.8, 4) is 0 Å². The Hall–Kier alpha value is -0.160. The predicted molar refractivity (Wildman–Crippen MR) is 63.9 cm³/mol. The van der Waals surface area contributed by atoms with Gasteiger partial charge < -0.3 is 18.9 Å².